The SMILES string of the molecule is Cc1cc(C[C@@H](C)Nc2ccc([N+](=O)[O-])cc2S(C)(=O)=O)n[nH]1. The van der Waals surface area contributed by atoms with Gasteiger partial charge in [-0.15, -0.1) is 0 Å². The molecular formula is C14H18N4O4S. The number of sulfone groups is 1. The maximum Gasteiger partial charge on any atom is 0.270 e. The van der Waals surface area contributed by atoms with Gasteiger partial charge in [0, 0.05) is 36.5 Å². The van der Waals surface area contributed by atoms with Crippen molar-refractivity contribution in [2.75, 3.05) is 11.6 Å². The number of non-ortho nitro benzene ring substituents is 1. The molecule has 0 amide bonds. The minimum Gasteiger partial charge on any atom is -0.381 e. The Hall–Kier alpha value is -2.42. The second-order valence-corrected chi connectivity index (χ2v) is 7.49. The number of aromatic amines is 1. The molecule has 8 nitrogen and oxygen atoms in total. The smallest absolute Gasteiger partial charge is 0.270 e. The molecule has 0 aliphatic carbocycles. The lowest BCUT2D eigenvalue weighted by Gasteiger charge is -2.16. The zero-order valence-corrected chi connectivity index (χ0v) is 13.8. The number of anilines is 1. The monoisotopic (exact) mass is 338 g/mol. The van der Waals surface area contributed by atoms with Crippen molar-refractivity contribution in [3.8, 4) is 0 Å². The van der Waals surface area contributed by atoms with Gasteiger partial charge in [-0.2, -0.15) is 5.10 Å². The summed E-state index contributed by atoms with van der Waals surface area (Å²) >= 11 is 0. The summed E-state index contributed by atoms with van der Waals surface area (Å²) < 4.78 is 23.8. The maximum absolute atomic E-state index is 11.9. The Kier molecular flexibility index (Phi) is 4.69. The van der Waals surface area contributed by atoms with Crippen LogP contribution < -0.4 is 5.32 Å². The third-order valence-corrected chi connectivity index (χ3v) is 4.39. The fraction of sp³-hybridized carbons (Fsp3) is 0.357. The largest absolute Gasteiger partial charge is 0.381 e. The van der Waals surface area contributed by atoms with E-state index in [0.29, 0.717) is 12.1 Å². The van der Waals surface area contributed by atoms with E-state index < -0.39 is 14.8 Å². The van der Waals surface area contributed by atoms with Gasteiger partial charge in [-0.05, 0) is 26.0 Å². The lowest BCUT2D eigenvalue weighted by Crippen LogP contribution is -2.20. The maximum atomic E-state index is 11.9. The summed E-state index contributed by atoms with van der Waals surface area (Å²) in [5.74, 6) is 0. The van der Waals surface area contributed by atoms with E-state index in [9.17, 15) is 18.5 Å². The summed E-state index contributed by atoms with van der Waals surface area (Å²) in [6.07, 6.45) is 1.61. The van der Waals surface area contributed by atoms with Gasteiger partial charge in [-0.25, -0.2) is 8.42 Å². The van der Waals surface area contributed by atoms with Crippen LogP contribution in [0.5, 0.6) is 0 Å². The molecule has 2 rings (SSSR count). The quantitative estimate of drug-likeness (QED) is 0.615. The standard InChI is InChI=1S/C14H18N4O4S/c1-9(6-11-7-10(2)16-17-11)15-13-5-4-12(18(19)20)8-14(13)23(3,21)22/h4-5,7-9,15H,6H2,1-3H3,(H,16,17)/t9-/m1/s1. The van der Waals surface area contributed by atoms with E-state index in [4.69, 9.17) is 0 Å². The summed E-state index contributed by atoms with van der Waals surface area (Å²) in [5, 5.41) is 20.9. The number of H-pyrrole nitrogens is 1. The first-order valence-corrected chi connectivity index (χ1v) is 8.82. The van der Waals surface area contributed by atoms with Gasteiger partial charge < -0.3 is 5.32 Å². The van der Waals surface area contributed by atoms with E-state index in [-0.39, 0.29) is 16.6 Å². The number of benzene rings is 1. The number of nitrogens with one attached hydrogen (secondary N) is 2. The van der Waals surface area contributed by atoms with Crippen molar-refractivity contribution < 1.29 is 13.3 Å². The summed E-state index contributed by atoms with van der Waals surface area (Å²) in [6.45, 7) is 3.78. The van der Waals surface area contributed by atoms with Crippen molar-refractivity contribution in [2.24, 2.45) is 0 Å². The number of nitro groups is 1. The molecule has 2 N–H and O–H groups in total. The van der Waals surface area contributed by atoms with Crippen LogP contribution in [0.1, 0.15) is 18.3 Å². The first kappa shape index (κ1) is 16.9. The van der Waals surface area contributed by atoms with Crippen LogP contribution in [0.25, 0.3) is 0 Å². The predicted octanol–water partition coefficient (Wildman–Crippen LogP) is 2.07. The Morgan fingerprint density at radius 3 is 2.61 bits per heavy atom. The fourth-order valence-electron chi connectivity index (χ4n) is 2.26. The van der Waals surface area contributed by atoms with Gasteiger partial charge in [-0.3, -0.25) is 15.2 Å². The molecule has 9 heteroatoms. The number of rotatable bonds is 6. The Balaban J connectivity index is 2.26. The minimum absolute atomic E-state index is 0.0863. The van der Waals surface area contributed by atoms with Gasteiger partial charge in [0.1, 0.15) is 0 Å². The third-order valence-electron chi connectivity index (χ3n) is 3.25. The first-order chi connectivity index (χ1) is 10.7. The summed E-state index contributed by atoms with van der Waals surface area (Å²) in [5.41, 5.74) is 1.88. The average Bonchev–Trinajstić information content (AvgIpc) is 2.82. The van der Waals surface area contributed by atoms with Crippen molar-refractivity contribution in [3.63, 3.8) is 0 Å². The molecule has 0 fully saturated rings. The van der Waals surface area contributed by atoms with Crippen LogP contribution in [-0.4, -0.2) is 35.8 Å². The number of hydrogen-bond acceptors (Lipinski definition) is 6. The average molecular weight is 338 g/mol. The number of aryl methyl sites for hydroxylation is 1. The van der Waals surface area contributed by atoms with E-state index in [1.807, 2.05) is 19.9 Å². The van der Waals surface area contributed by atoms with Crippen LogP contribution in [0.15, 0.2) is 29.2 Å². The van der Waals surface area contributed by atoms with Crippen molar-refractivity contribution in [2.45, 2.75) is 31.2 Å². The van der Waals surface area contributed by atoms with E-state index in [2.05, 4.69) is 15.5 Å². The summed E-state index contributed by atoms with van der Waals surface area (Å²) in [4.78, 5) is 10.1. The molecule has 1 aromatic heterocycles. The Morgan fingerprint density at radius 2 is 2.09 bits per heavy atom. The molecule has 1 heterocycles. The number of aromatic nitrogens is 2. The highest BCUT2D eigenvalue weighted by molar-refractivity contribution is 7.90. The summed E-state index contributed by atoms with van der Waals surface area (Å²) in [6, 6.07) is 5.58. The Bertz CT molecular complexity index is 829. The van der Waals surface area contributed by atoms with Gasteiger partial charge in [0.05, 0.1) is 21.2 Å². The summed E-state index contributed by atoms with van der Waals surface area (Å²) in [7, 11) is -3.59. The fourth-order valence-corrected chi connectivity index (χ4v) is 3.12. The molecule has 0 aliphatic heterocycles. The molecule has 0 saturated carbocycles. The molecule has 1 aromatic carbocycles. The number of nitro benzene ring substituents is 1. The van der Waals surface area contributed by atoms with Crippen LogP contribution in [0.3, 0.4) is 0 Å². The molecule has 2 aromatic rings. The predicted molar refractivity (Wildman–Crippen MR) is 86.3 cm³/mol. The second-order valence-electron chi connectivity index (χ2n) is 5.50. The molecule has 23 heavy (non-hydrogen) atoms. The van der Waals surface area contributed by atoms with Gasteiger partial charge >= 0.3 is 0 Å². The topological polar surface area (TPSA) is 118 Å². The van der Waals surface area contributed by atoms with E-state index in [1.165, 1.54) is 12.1 Å². The van der Waals surface area contributed by atoms with E-state index in [0.717, 1.165) is 23.7 Å². The Morgan fingerprint density at radius 1 is 1.39 bits per heavy atom. The van der Waals surface area contributed by atoms with Gasteiger partial charge in [0.2, 0.25) is 0 Å². The molecule has 0 radical (unpaired) electrons. The lowest BCUT2D eigenvalue weighted by atomic mass is 10.1. The second kappa shape index (κ2) is 6.37. The molecule has 0 saturated heterocycles. The van der Waals surface area contributed by atoms with E-state index >= 15 is 0 Å². The normalized spacial score (nSPS) is 12.8. The molecule has 124 valence electrons. The van der Waals surface area contributed by atoms with Crippen molar-refractivity contribution in [1.82, 2.24) is 10.2 Å². The zero-order chi connectivity index (χ0) is 17.2. The van der Waals surface area contributed by atoms with Crippen LogP contribution in [0.2, 0.25) is 0 Å². The highest BCUT2D eigenvalue weighted by atomic mass is 32.2. The van der Waals surface area contributed by atoms with Crippen LogP contribution >= 0.6 is 0 Å². The first-order valence-electron chi connectivity index (χ1n) is 6.92. The zero-order valence-electron chi connectivity index (χ0n) is 13.0. The highest BCUT2D eigenvalue weighted by Crippen LogP contribution is 2.27. The van der Waals surface area contributed by atoms with Crippen molar-refractivity contribution >= 4 is 21.2 Å². The van der Waals surface area contributed by atoms with Gasteiger partial charge in [0.15, 0.2) is 9.84 Å². The third kappa shape index (κ3) is 4.28. The molecule has 0 bridgehead atoms. The Labute approximate surface area is 134 Å². The van der Waals surface area contributed by atoms with Crippen LogP contribution in [-0.2, 0) is 16.3 Å². The van der Waals surface area contributed by atoms with E-state index in [1.54, 1.807) is 0 Å². The molecule has 0 spiro atoms. The number of hydrogen-bond donors (Lipinski definition) is 2. The van der Waals surface area contributed by atoms with Crippen LogP contribution in [0.4, 0.5) is 11.4 Å². The molecule has 0 aliphatic rings. The minimum atomic E-state index is -3.59. The van der Waals surface area contributed by atoms with Crippen LogP contribution in [0, 0.1) is 17.0 Å². The molecular weight excluding hydrogens is 320 g/mol. The number of nitrogens with zero attached hydrogens (tertiary/aromatic N) is 2. The van der Waals surface area contributed by atoms with Gasteiger partial charge in [0.25, 0.3) is 5.69 Å². The lowest BCUT2D eigenvalue weighted by molar-refractivity contribution is -0.385. The van der Waals surface area contributed by atoms with Gasteiger partial charge in [-0.1, -0.05) is 0 Å². The molecule has 0 unspecified atom stereocenters. The highest BCUT2D eigenvalue weighted by Gasteiger charge is 2.19. The molecule has 1 atom stereocenters. The van der Waals surface area contributed by atoms with Crippen molar-refractivity contribution in [1.29, 1.82) is 0 Å². The van der Waals surface area contributed by atoms with Crippen molar-refractivity contribution in [3.05, 3.63) is 45.8 Å².